The van der Waals surface area contributed by atoms with Gasteiger partial charge < -0.3 is 0 Å². The van der Waals surface area contributed by atoms with E-state index in [0.717, 1.165) is 0 Å². The summed E-state index contributed by atoms with van der Waals surface area (Å²) in [4.78, 5) is 4.52. The van der Waals surface area contributed by atoms with Gasteiger partial charge in [-0.25, -0.2) is 0 Å². The Morgan fingerprint density at radius 1 is 0.500 bits per heavy atom. The molecule has 1 heterocycles. The van der Waals surface area contributed by atoms with Crippen LogP contribution < -0.4 is 0 Å². The molecular formula is C37H27N. The van der Waals surface area contributed by atoms with Gasteiger partial charge in [-0.3, -0.25) is 4.98 Å². The fourth-order valence-corrected chi connectivity index (χ4v) is 7.90. The number of hydrogen-bond acceptors (Lipinski definition) is 1. The van der Waals surface area contributed by atoms with Gasteiger partial charge in [0.05, 0.1) is 0 Å². The van der Waals surface area contributed by atoms with Crippen LogP contribution in [-0.4, -0.2) is 4.98 Å². The van der Waals surface area contributed by atoms with Crippen LogP contribution in [0.15, 0.2) is 91.3 Å². The summed E-state index contributed by atoms with van der Waals surface area (Å²) in [6.07, 6.45) is 3.95. The number of nitrogens with zero attached hydrogens (tertiary/aromatic N) is 1. The first-order chi connectivity index (χ1) is 18.4. The van der Waals surface area contributed by atoms with Crippen molar-refractivity contribution in [1.29, 1.82) is 0 Å². The van der Waals surface area contributed by atoms with E-state index in [4.69, 9.17) is 0 Å². The summed E-state index contributed by atoms with van der Waals surface area (Å²) in [5.41, 5.74) is 11.1. The van der Waals surface area contributed by atoms with Gasteiger partial charge in [0, 0.05) is 28.6 Å². The van der Waals surface area contributed by atoms with Gasteiger partial charge in [0.25, 0.3) is 0 Å². The van der Waals surface area contributed by atoms with Crippen molar-refractivity contribution in [1.82, 2.24) is 4.98 Å². The molecule has 0 N–H and O–H groups in total. The van der Waals surface area contributed by atoms with Crippen LogP contribution in [0.5, 0.6) is 0 Å². The van der Waals surface area contributed by atoms with Crippen molar-refractivity contribution in [2.75, 3.05) is 0 Å². The third-order valence-electron chi connectivity index (χ3n) is 9.86. The summed E-state index contributed by atoms with van der Waals surface area (Å²) in [7, 11) is 0. The van der Waals surface area contributed by atoms with E-state index in [2.05, 4.69) is 118 Å². The molecule has 6 aromatic carbocycles. The van der Waals surface area contributed by atoms with Gasteiger partial charge in [0.1, 0.15) is 0 Å². The van der Waals surface area contributed by atoms with Crippen molar-refractivity contribution in [3.05, 3.63) is 114 Å². The zero-order valence-corrected chi connectivity index (χ0v) is 22.1. The summed E-state index contributed by atoms with van der Waals surface area (Å²) < 4.78 is 0. The van der Waals surface area contributed by atoms with Gasteiger partial charge in [-0.05, 0) is 106 Å². The first-order valence-electron chi connectivity index (χ1n) is 13.6. The van der Waals surface area contributed by atoms with Gasteiger partial charge >= 0.3 is 0 Å². The lowest BCUT2D eigenvalue weighted by molar-refractivity contribution is 0.652. The Hall–Kier alpha value is -4.23. The predicted octanol–water partition coefficient (Wildman–Crippen LogP) is 9.74. The molecular weight excluding hydrogens is 458 g/mol. The number of pyridine rings is 1. The monoisotopic (exact) mass is 485 g/mol. The molecule has 180 valence electrons. The maximum atomic E-state index is 4.52. The second-order valence-electron chi connectivity index (χ2n) is 12.4. The number of aromatic nitrogens is 1. The number of hydrogen-bond donors (Lipinski definition) is 0. The zero-order valence-electron chi connectivity index (χ0n) is 22.1. The standard InChI is InChI=1S/C37H27N/c1-36(2)28-13-11-20-14-15-38-19-27(20)35(28)26-18-30-25(17-29(26)36)34-24-12-10-22-7-5-6-21-8-9-23(33(24)32(21)22)16-31(34)37(30,3)4/h5-19H,1-4H3. The molecule has 2 aliphatic carbocycles. The molecule has 0 atom stereocenters. The highest BCUT2D eigenvalue weighted by Crippen LogP contribution is 2.59. The topological polar surface area (TPSA) is 12.9 Å². The minimum Gasteiger partial charge on any atom is -0.264 e. The smallest absolute Gasteiger partial charge is 0.0352 e. The van der Waals surface area contributed by atoms with Crippen molar-refractivity contribution < 1.29 is 0 Å². The molecule has 1 aromatic heterocycles. The van der Waals surface area contributed by atoms with Crippen molar-refractivity contribution in [2.24, 2.45) is 0 Å². The van der Waals surface area contributed by atoms with Gasteiger partial charge in [-0.1, -0.05) is 82.3 Å². The third kappa shape index (κ3) is 2.24. The summed E-state index contributed by atoms with van der Waals surface area (Å²) in [5.74, 6) is 0. The highest BCUT2D eigenvalue weighted by Gasteiger charge is 2.43. The molecule has 0 saturated carbocycles. The van der Waals surface area contributed by atoms with Crippen LogP contribution in [0.4, 0.5) is 0 Å². The SMILES string of the molecule is CC1(C)c2cc3c(cc2-c2c1ccc1ccncc21)C(C)(C)c1cc2ccc4cccc5ccc(c1-3)c2c45. The van der Waals surface area contributed by atoms with Gasteiger partial charge in [0.2, 0.25) is 0 Å². The van der Waals surface area contributed by atoms with E-state index >= 15 is 0 Å². The first kappa shape index (κ1) is 20.8. The van der Waals surface area contributed by atoms with Crippen molar-refractivity contribution in [3.8, 4) is 22.3 Å². The molecule has 0 bridgehead atoms. The van der Waals surface area contributed by atoms with E-state index in [1.807, 2.05) is 6.20 Å². The molecule has 38 heavy (non-hydrogen) atoms. The van der Waals surface area contributed by atoms with Crippen molar-refractivity contribution in [2.45, 2.75) is 38.5 Å². The molecule has 7 aromatic rings. The number of benzene rings is 6. The minimum absolute atomic E-state index is 0.0690. The van der Waals surface area contributed by atoms with Crippen molar-refractivity contribution >= 4 is 43.1 Å². The minimum atomic E-state index is -0.0835. The van der Waals surface area contributed by atoms with Crippen LogP contribution in [0.2, 0.25) is 0 Å². The van der Waals surface area contributed by atoms with E-state index < -0.39 is 0 Å². The highest BCUT2D eigenvalue weighted by atomic mass is 14.6. The normalized spacial score (nSPS) is 16.3. The second-order valence-corrected chi connectivity index (χ2v) is 12.4. The lowest BCUT2D eigenvalue weighted by Crippen LogP contribution is -2.17. The molecule has 0 aliphatic heterocycles. The highest BCUT2D eigenvalue weighted by molar-refractivity contribution is 6.26. The van der Waals surface area contributed by atoms with E-state index in [1.54, 1.807) is 0 Å². The Kier molecular flexibility index (Phi) is 3.51. The zero-order chi connectivity index (χ0) is 25.6. The molecule has 0 radical (unpaired) electrons. The summed E-state index contributed by atoms with van der Waals surface area (Å²) >= 11 is 0. The first-order valence-corrected chi connectivity index (χ1v) is 13.6. The summed E-state index contributed by atoms with van der Waals surface area (Å²) in [5, 5.41) is 10.7. The van der Waals surface area contributed by atoms with Gasteiger partial charge in [0.15, 0.2) is 0 Å². The molecule has 9 rings (SSSR count). The molecule has 2 aliphatic rings. The third-order valence-corrected chi connectivity index (χ3v) is 9.86. The maximum Gasteiger partial charge on any atom is 0.0352 e. The Morgan fingerprint density at radius 3 is 1.89 bits per heavy atom. The predicted molar refractivity (Wildman–Crippen MR) is 161 cm³/mol. The Balaban J connectivity index is 1.43. The molecule has 0 fully saturated rings. The Bertz CT molecular complexity index is 2160. The maximum absolute atomic E-state index is 4.52. The lowest BCUT2D eigenvalue weighted by atomic mass is 9.79. The average molecular weight is 486 g/mol. The Morgan fingerprint density at radius 2 is 1.13 bits per heavy atom. The second kappa shape index (κ2) is 6.42. The molecule has 1 heteroatoms. The lowest BCUT2D eigenvalue weighted by Gasteiger charge is -2.24. The largest absolute Gasteiger partial charge is 0.264 e. The molecule has 0 saturated heterocycles. The van der Waals surface area contributed by atoms with Crippen LogP contribution in [0.25, 0.3) is 65.3 Å². The fraction of sp³-hybridized carbons (Fsp3) is 0.162. The molecule has 1 nitrogen and oxygen atoms in total. The van der Waals surface area contributed by atoms with Crippen LogP contribution >= 0.6 is 0 Å². The van der Waals surface area contributed by atoms with E-state index in [1.165, 1.54) is 87.6 Å². The van der Waals surface area contributed by atoms with Crippen LogP contribution in [0, 0.1) is 0 Å². The number of fused-ring (bicyclic) bond motifs is 9. The molecule has 0 spiro atoms. The van der Waals surface area contributed by atoms with Crippen LogP contribution in [-0.2, 0) is 10.8 Å². The molecule has 0 unspecified atom stereocenters. The number of rotatable bonds is 0. The van der Waals surface area contributed by atoms with E-state index in [0.29, 0.717) is 0 Å². The van der Waals surface area contributed by atoms with Crippen molar-refractivity contribution in [3.63, 3.8) is 0 Å². The summed E-state index contributed by atoms with van der Waals surface area (Å²) in [6, 6.07) is 30.3. The average Bonchev–Trinajstić information content (AvgIpc) is 3.30. The van der Waals surface area contributed by atoms with Crippen LogP contribution in [0.3, 0.4) is 0 Å². The van der Waals surface area contributed by atoms with Gasteiger partial charge in [-0.2, -0.15) is 0 Å². The summed E-state index contributed by atoms with van der Waals surface area (Å²) in [6.45, 7) is 9.59. The molecule has 0 amide bonds. The van der Waals surface area contributed by atoms with Gasteiger partial charge in [-0.15, -0.1) is 0 Å². The Labute approximate surface area is 222 Å². The van der Waals surface area contributed by atoms with E-state index in [9.17, 15) is 0 Å². The fourth-order valence-electron chi connectivity index (χ4n) is 7.90. The van der Waals surface area contributed by atoms with E-state index in [-0.39, 0.29) is 10.8 Å². The van der Waals surface area contributed by atoms with Crippen LogP contribution in [0.1, 0.15) is 49.9 Å². The quantitative estimate of drug-likeness (QED) is 0.195.